The Morgan fingerprint density at radius 3 is 2.66 bits per heavy atom. The van der Waals surface area contributed by atoms with Crippen LogP contribution < -0.4 is 10.1 Å². The lowest BCUT2D eigenvalue weighted by Crippen LogP contribution is -2.53. The summed E-state index contributed by atoms with van der Waals surface area (Å²) in [5.74, 6) is 2.45. The van der Waals surface area contributed by atoms with Gasteiger partial charge in [0.25, 0.3) is 0 Å². The minimum Gasteiger partial charge on any atom is -0.487 e. The van der Waals surface area contributed by atoms with Crippen LogP contribution in [0.2, 0.25) is 5.02 Å². The molecule has 0 saturated carbocycles. The molecule has 0 amide bonds. The summed E-state index contributed by atoms with van der Waals surface area (Å²) in [5.41, 5.74) is 0.985. The molecule has 1 unspecified atom stereocenters. The van der Waals surface area contributed by atoms with E-state index in [4.69, 9.17) is 20.9 Å². The number of aromatic nitrogens is 1. The molecule has 9 heteroatoms. The normalized spacial score (nSPS) is 16.3. The van der Waals surface area contributed by atoms with Gasteiger partial charge >= 0.3 is 0 Å². The second-order valence-electron chi connectivity index (χ2n) is 6.98. The number of hydrogen-bond donors (Lipinski definition) is 1. The highest BCUT2D eigenvalue weighted by atomic mass is 127. The quantitative estimate of drug-likeness (QED) is 0.349. The van der Waals surface area contributed by atoms with Crippen molar-refractivity contribution in [3.05, 3.63) is 46.8 Å². The summed E-state index contributed by atoms with van der Waals surface area (Å²) >= 11 is 6.16. The summed E-state index contributed by atoms with van der Waals surface area (Å²) in [7, 11) is 1.81. The van der Waals surface area contributed by atoms with E-state index in [1.807, 2.05) is 51.2 Å². The number of hydrogen-bond acceptors (Lipinski definition) is 5. The Labute approximate surface area is 194 Å². The van der Waals surface area contributed by atoms with Crippen LogP contribution in [-0.4, -0.2) is 66.8 Å². The zero-order valence-electron chi connectivity index (χ0n) is 17.1. The molecule has 1 N–H and O–H groups in total. The molecule has 1 aliphatic heterocycles. The van der Waals surface area contributed by atoms with Crippen LogP contribution >= 0.6 is 35.6 Å². The van der Waals surface area contributed by atoms with E-state index < -0.39 is 0 Å². The number of rotatable bonds is 6. The second-order valence-corrected chi connectivity index (χ2v) is 7.39. The lowest BCUT2D eigenvalue weighted by Gasteiger charge is -2.36. The summed E-state index contributed by atoms with van der Waals surface area (Å²) < 4.78 is 11.1. The van der Waals surface area contributed by atoms with E-state index in [2.05, 4.69) is 25.3 Å². The molecule has 2 aromatic rings. The summed E-state index contributed by atoms with van der Waals surface area (Å²) in [6, 6.07) is 9.51. The average Bonchev–Trinajstić information content (AvgIpc) is 3.10. The third-order valence-electron chi connectivity index (χ3n) is 4.66. The Morgan fingerprint density at radius 2 is 2.03 bits per heavy atom. The highest BCUT2D eigenvalue weighted by Crippen LogP contribution is 2.24. The predicted octanol–water partition coefficient (Wildman–Crippen LogP) is 3.41. The molecule has 0 bridgehead atoms. The maximum Gasteiger partial charge on any atom is 0.193 e. The average molecular weight is 534 g/mol. The highest BCUT2D eigenvalue weighted by molar-refractivity contribution is 14.0. The van der Waals surface area contributed by atoms with Gasteiger partial charge in [0, 0.05) is 45.8 Å². The van der Waals surface area contributed by atoms with Crippen molar-refractivity contribution in [1.82, 2.24) is 20.3 Å². The molecule has 7 nitrogen and oxygen atoms in total. The Bertz CT molecular complexity index is 793. The first kappa shape index (κ1) is 23.8. The molecule has 1 saturated heterocycles. The smallest absolute Gasteiger partial charge is 0.193 e. The van der Waals surface area contributed by atoms with Gasteiger partial charge in [-0.3, -0.25) is 9.89 Å². The van der Waals surface area contributed by atoms with Crippen molar-refractivity contribution in [1.29, 1.82) is 0 Å². The van der Waals surface area contributed by atoms with Gasteiger partial charge in [-0.05, 0) is 26.0 Å². The molecule has 0 radical (unpaired) electrons. The first-order chi connectivity index (χ1) is 13.5. The first-order valence-corrected chi connectivity index (χ1v) is 9.94. The van der Waals surface area contributed by atoms with E-state index in [9.17, 15) is 0 Å². The Hall–Kier alpha value is -1.52. The van der Waals surface area contributed by atoms with Gasteiger partial charge in [-0.1, -0.05) is 28.9 Å². The molecule has 2 heterocycles. The summed E-state index contributed by atoms with van der Waals surface area (Å²) in [4.78, 5) is 9.07. The Morgan fingerprint density at radius 1 is 1.31 bits per heavy atom. The fraction of sp³-hybridized carbons (Fsp3) is 0.500. The van der Waals surface area contributed by atoms with E-state index >= 15 is 0 Å². The standard InChI is InChI=1S/C20H28ClN5O2.HI/c1-15-12-17(24-28-15)14-25-8-10-26(11-9-25)20(22-3)23-13-16(2)27-19-7-5-4-6-18(19)21;/h4-7,12,16H,8-11,13-14H2,1-3H3,(H,22,23);1H. The number of nitrogens with one attached hydrogen (secondary N) is 1. The molecule has 29 heavy (non-hydrogen) atoms. The Kier molecular flexibility index (Phi) is 9.51. The van der Waals surface area contributed by atoms with Crippen molar-refractivity contribution in [2.45, 2.75) is 26.5 Å². The van der Waals surface area contributed by atoms with E-state index in [0.29, 0.717) is 17.3 Å². The minimum atomic E-state index is -0.0339. The van der Waals surface area contributed by atoms with Gasteiger partial charge in [0.1, 0.15) is 17.6 Å². The number of aryl methyl sites for hydroxylation is 1. The topological polar surface area (TPSA) is 66.1 Å². The molecule has 1 fully saturated rings. The Balaban J connectivity index is 0.00000300. The van der Waals surface area contributed by atoms with Gasteiger partial charge in [-0.15, -0.1) is 24.0 Å². The molecule has 1 aromatic heterocycles. The van der Waals surface area contributed by atoms with Gasteiger partial charge < -0.3 is 19.5 Å². The van der Waals surface area contributed by atoms with Gasteiger partial charge in [0.15, 0.2) is 5.96 Å². The van der Waals surface area contributed by atoms with Crippen molar-refractivity contribution in [2.75, 3.05) is 39.8 Å². The zero-order chi connectivity index (χ0) is 19.9. The molecule has 1 atom stereocenters. The van der Waals surface area contributed by atoms with Crippen LogP contribution in [0.5, 0.6) is 5.75 Å². The van der Waals surface area contributed by atoms with Gasteiger partial charge in [-0.25, -0.2) is 0 Å². The van der Waals surface area contributed by atoms with Gasteiger partial charge in [0.05, 0.1) is 17.3 Å². The number of ether oxygens (including phenoxy) is 1. The van der Waals surface area contributed by atoms with E-state index in [0.717, 1.165) is 50.1 Å². The third kappa shape index (κ3) is 7.04. The van der Waals surface area contributed by atoms with Crippen molar-refractivity contribution < 1.29 is 9.26 Å². The van der Waals surface area contributed by atoms with Crippen LogP contribution in [0.25, 0.3) is 0 Å². The monoisotopic (exact) mass is 533 g/mol. The van der Waals surface area contributed by atoms with Crippen LogP contribution in [0, 0.1) is 6.92 Å². The molecule has 0 spiro atoms. The van der Waals surface area contributed by atoms with E-state index in [1.54, 1.807) is 0 Å². The molecule has 3 rings (SSSR count). The maximum absolute atomic E-state index is 6.16. The molecular formula is C20H29ClIN5O2. The molecule has 1 aliphatic rings. The fourth-order valence-electron chi connectivity index (χ4n) is 3.21. The summed E-state index contributed by atoms with van der Waals surface area (Å²) in [5, 5.41) is 8.11. The number of aliphatic imine (C=N–C) groups is 1. The third-order valence-corrected chi connectivity index (χ3v) is 4.97. The molecule has 0 aliphatic carbocycles. The van der Waals surface area contributed by atoms with Crippen LogP contribution in [0.1, 0.15) is 18.4 Å². The number of piperazine rings is 1. The second kappa shape index (κ2) is 11.6. The SMILES string of the molecule is CN=C(NCC(C)Oc1ccccc1Cl)N1CCN(Cc2cc(C)on2)CC1.I. The summed E-state index contributed by atoms with van der Waals surface area (Å²) in [6.07, 6.45) is -0.0339. The lowest BCUT2D eigenvalue weighted by molar-refractivity contribution is 0.167. The summed E-state index contributed by atoms with van der Waals surface area (Å²) in [6.45, 7) is 9.14. The largest absolute Gasteiger partial charge is 0.487 e. The first-order valence-electron chi connectivity index (χ1n) is 9.56. The van der Waals surface area contributed by atoms with Crippen LogP contribution in [0.3, 0.4) is 0 Å². The van der Waals surface area contributed by atoms with Crippen LogP contribution in [0.4, 0.5) is 0 Å². The van der Waals surface area contributed by atoms with Crippen LogP contribution in [0.15, 0.2) is 39.8 Å². The number of halogens is 2. The van der Waals surface area contributed by atoms with Crippen molar-refractivity contribution in [3.63, 3.8) is 0 Å². The number of benzene rings is 1. The predicted molar refractivity (Wildman–Crippen MR) is 126 cm³/mol. The number of nitrogens with zero attached hydrogens (tertiary/aromatic N) is 4. The van der Waals surface area contributed by atoms with Crippen molar-refractivity contribution in [3.8, 4) is 5.75 Å². The van der Waals surface area contributed by atoms with E-state index in [-0.39, 0.29) is 30.1 Å². The van der Waals surface area contributed by atoms with Crippen molar-refractivity contribution >= 4 is 41.5 Å². The molecular weight excluding hydrogens is 505 g/mol. The van der Waals surface area contributed by atoms with Crippen LogP contribution in [-0.2, 0) is 6.54 Å². The number of guanidine groups is 1. The van der Waals surface area contributed by atoms with E-state index in [1.165, 1.54) is 0 Å². The van der Waals surface area contributed by atoms with Gasteiger partial charge in [-0.2, -0.15) is 0 Å². The molecule has 1 aromatic carbocycles. The highest BCUT2D eigenvalue weighted by Gasteiger charge is 2.21. The number of para-hydroxylation sites is 1. The molecule has 160 valence electrons. The van der Waals surface area contributed by atoms with Gasteiger partial charge in [0.2, 0.25) is 0 Å². The minimum absolute atomic E-state index is 0. The lowest BCUT2D eigenvalue weighted by atomic mass is 10.3. The zero-order valence-corrected chi connectivity index (χ0v) is 20.2. The fourth-order valence-corrected chi connectivity index (χ4v) is 3.39. The maximum atomic E-state index is 6.16. The van der Waals surface area contributed by atoms with Crippen molar-refractivity contribution in [2.24, 2.45) is 4.99 Å².